The molecule has 0 aromatic heterocycles. The standard InChI is InChI=1S/C26H14O4/c27-23-21-11-19-9-17-7-15-5-13-3-1-2-4-14(13)6-16(15)8-18(17)10-20(19)12-22(21)24(28)26(30)25(23)29/h1-12,27,29H. The van der Waals surface area contributed by atoms with Crippen molar-refractivity contribution >= 4 is 60.4 Å². The maximum atomic E-state index is 12.3. The summed E-state index contributed by atoms with van der Waals surface area (Å²) in [6, 6.07) is 24.0. The highest BCUT2D eigenvalue weighted by molar-refractivity contribution is 6.51. The fraction of sp³-hybridized carbons (Fsp3) is 0. The number of hydrogen-bond donors (Lipinski definition) is 2. The van der Waals surface area contributed by atoms with E-state index in [9.17, 15) is 19.8 Å². The van der Waals surface area contributed by atoms with Crippen molar-refractivity contribution < 1.29 is 19.8 Å². The number of fused-ring (bicyclic) bond motifs is 5. The number of allylic oxidation sites excluding steroid dienone is 1. The van der Waals surface area contributed by atoms with Crippen LogP contribution in [0.3, 0.4) is 0 Å². The van der Waals surface area contributed by atoms with Gasteiger partial charge in [0.1, 0.15) is 0 Å². The largest absolute Gasteiger partial charge is 0.504 e. The van der Waals surface area contributed by atoms with E-state index in [1.165, 1.54) is 10.8 Å². The molecule has 0 spiro atoms. The molecule has 4 nitrogen and oxygen atoms in total. The van der Waals surface area contributed by atoms with E-state index in [0.29, 0.717) is 0 Å². The number of carbonyl (C=O) groups excluding carboxylic acids is 2. The fourth-order valence-corrected chi connectivity index (χ4v) is 4.34. The van der Waals surface area contributed by atoms with Gasteiger partial charge in [-0.15, -0.1) is 0 Å². The highest BCUT2D eigenvalue weighted by atomic mass is 16.3. The molecule has 0 amide bonds. The van der Waals surface area contributed by atoms with Gasteiger partial charge in [0, 0.05) is 11.1 Å². The van der Waals surface area contributed by atoms with Crippen LogP contribution in [0, 0.1) is 0 Å². The second-order valence-corrected chi connectivity index (χ2v) is 7.70. The molecule has 0 bridgehead atoms. The van der Waals surface area contributed by atoms with Gasteiger partial charge in [0.25, 0.3) is 5.78 Å². The lowest BCUT2D eigenvalue weighted by Crippen LogP contribution is -2.23. The Bertz CT molecular complexity index is 1640. The van der Waals surface area contributed by atoms with Gasteiger partial charge < -0.3 is 10.2 Å². The molecule has 2 N–H and O–H groups in total. The van der Waals surface area contributed by atoms with Gasteiger partial charge in [-0.3, -0.25) is 9.59 Å². The van der Waals surface area contributed by atoms with Crippen LogP contribution in [-0.4, -0.2) is 21.8 Å². The molecule has 1 aliphatic carbocycles. The molecule has 0 heterocycles. The van der Waals surface area contributed by atoms with E-state index >= 15 is 0 Å². The zero-order valence-electron chi connectivity index (χ0n) is 15.6. The Balaban J connectivity index is 1.66. The van der Waals surface area contributed by atoms with Crippen LogP contribution in [0.25, 0.3) is 48.8 Å². The first-order valence-corrected chi connectivity index (χ1v) is 9.55. The van der Waals surface area contributed by atoms with E-state index in [4.69, 9.17) is 0 Å². The Kier molecular flexibility index (Phi) is 3.17. The van der Waals surface area contributed by atoms with Crippen molar-refractivity contribution in [2.45, 2.75) is 0 Å². The summed E-state index contributed by atoms with van der Waals surface area (Å²) in [5.41, 5.74) is 0.282. The van der Waals surface area contributed by atoms with Crippen molar-refractivity contribution in [2.24, 2.45) is 0 Å². The normalized spacial score (nSPS) is 14.3. The fourth-order valence-electron chi connectivity index (χ4n) is 4.34. The summed E-state index contributed by atoms with van der Waals surface area (Å²) < 4.78 is 0. The van der Waals surface area contributed by atoms with Crippen LogP contribution in [0.5, 0.6) is 0 Å². The lowest BCUT2D eigenvalue weighted by atomic mass is 9.89. The average molecular weight is 390 g/mol. The Morgan fingerprint density at radius 1 is 0.433 bits per heavy atom. The molecule has 30 heavy (non-hydrogen) atoms. The van der Waals surface area contributed by atoms with Crippen molar-refractivity contribution in [2.75, 3.05) is 0 Å². The van der Waals surface area contributed by atoms with Gasteiger partial charge >= 0.3 is 0 Å². The van der Waals surface area contributed by atoms with Crippen molar-refractivity contribution in [3.63, 3.8) is 0 Å². The Morgan fingerprint density at radius 2 is 0.833 bits per heavy atom. The van der Waals surface area contributed by atoms with Crippen LogP contribution >= 0.6 is 0 Å². The Hall–Kier alpha value is -4.18. The molecule has 0 aliphatic heterocycles. The summed E-state index contributed by atoms with van der Waals surface area (Å²) in [7, 11) is 0. The summed E-state index contributed by atoms with van der Waals surface area (Å²) in [6.07, 6.45) is 0. The number of carbonyl (C=O) groups is 2. The van der Waals surface area contributed by atoms with Crippen LogP contribution in [0.15, 0.2) is 78.6 Å². The first kappa shape index (κ1) is 16.7. The van der Waals surface area contributed by atoms with Crippen molar-refractivity contribution in [1.29, 1.82) is 0 Å². The highest BCUT2D eigenvalue weighted by Gasteiger charge is 2.33. The third-order valence-corrected chi connectivity index (χ3v) is 5.90. The van der Waals surface area contributed by atoms with E-state index in [1.807, 2.05) is 24.3 Å². The topological polar surface area (TPSA) is 74.6 Å². The zero-order chi connectivity index (χ0) is 20.6. The number of hydrogen-bond acceptors (Lipinski definition) is 4. The molecule has 6 rings (SSSR count). The maximum absolute atomic E-state index is 12.3. The molecular weight excluding hydrogens is 376 g/mol. The average Bonchev–Trinajstić information content (AvgIpc) is 2.76. The number of aliphatic hydroxyl groups excluding tert-OH is 2. The van der Waals surface area contributed by atoms with Gasteiger partial charge in [-0.1, -0.05) is 24.3 Å². The number of rotatable bonds is 0. The molecule has 0 atom stereocenters. The van der Waals surface area contributed by atoms with Gasteiger partial charge in [-0.2, -0.15) is 0 Å². The van der Waals surface area contributed by atoms with E-state index in [-0.39, 0.29) is 11.1 Å². The Morgan fingerprint density at radius 3 is 1.33 bits per heavy atom. The van der Waals surface area contributed by atoms with E-state index in [0.717, 1.165) is 32.3 Å². The second kappa shape index (κ2) is 5.67. The highest BCUT2D eigenvalue weighted by Crippen LogP contribution is 2.34. The van der Waals surface area contributed by atoms with Crippen LogP contribution < -0.4 is 0 Å². The number of aliphatic hydroxyl groups is 2. The minimum absolute atomic E-state index is 0.105. The maximum Gasteiger partial charge on any atom is 0.271 e. The minimum atomic E-state index is -1.09. The Labute approximate surface area is 170 Å². The third-order valence-electron chi connectivity index (χ3n) is 5.90. The SMILES string of the molecule is O=C1C(=O)c2cc3cc4cc5cc6ccccc6cc5cc4cc3cc2C(O)=C1O. The van der Waals surface area contributed by atoms with Gasteiger partial charge in [0.15, 0.2) is 5.76 Å². The summed E-state index contributed by atoms with van der Waals surface area (Å²) in [5.74, 6) is -3.35. The van der Waals surface area contributed by atoms with E-state index in [1.54, 1.807) is 12.1 Å². The lowest BCUT2D eigenvalue weighted by molar-refractivity contribution is -0.114. The first-order chi connectivity index (χ1) is 14.5. The summed E-state index contributed by atoms with van der Waals surface area (Å²) in [5, 5.41) is 28.2. The number of Topliss-reactive ketones (excluding diaryl/α,β-unsaturated/α-hetero) is 2. The third kappa shape index (κ3) is 2.22. The van der Waals surface area contributed by atoms with Crippen molar-refractivity contribution in [1.82, 2.24) is 0 Å². The lowest BCUT2D eigenvalue weighted by Gasteiger charge is -2.16. The predicted molar refractivity (Wildman–Crippen MR) is 118 cm³/mol. The molecule has 0 saturated carbocycles. The molecule has 0 radical (unpaired) electrons. The molecule has 0 saturated heterocycles. The van der Waals surface area contributed by atoms with Gasteiger partial charge in [0.2, 0.25) is 11.5 Å². The van der Waals surface area contributed by atoms with Crippen LogP contribution in [-0.2, 0) is 4.79 Å². The smallest absolute Gasteiger partial charge is 0.271 e. The van der Waals surface area contributed by atoms with Crippen molar-refractivity contribution in [3.05, 3.63) is 89.7 Å². The molecule has 0 fully saturated rings. The van der Waals surface area contributed by atoms with Crippen LogP contribution in [0.1, 0.15) is 15.9 Å². The quantitative estimate of drug-likeness (QED) is 0.257. The molecule has 5 aromatic carbocycles. The first-order valence-electron chi connectivity index (χ1n) is 9.55. The van der Waals surface area contributed by atoms with Crippen LogP contribution in [0.4, 0.5) is 0 Å². The second-order valence-electron chi connectivity index (χ2n) is 7.70. The number of benzene rings is 5. The van der Waals surface area contributed by atoms with Gasteiger partial charge in [-0.05, 0) is 91.6 Å². The van der Waals surface area contributed by atoms with Gasteiger partial charge in [0.05, 0.1) is 0 Å². The summed E-state index contributed by atoms with van der Waals surface area (Å²) >= 11 is 0. The molecule has 0 unspecified atom stereocenters. The molecule has 142 valence electrons. The molecule has 4 heteroatoms. The van der Waals surface area contributed by atoms with Crippen LogP contribution in [0.2, 0.25) is 0 Å². The predicted octanol–water partition coefficient (Wildman–Crippen LogP) is 5.85. The van der Waals surface area contributed by atoms with Gasteiger partial charge in [-0.25, -0.2) is 0 Å². The van der Waals surface area contributed by atoms with E-state index in [2.05, 4.69) is 36.4 Å². The van der Waals surface area contributed by atoms with Crippen molar-refractivity contribution in [3.8, 4) is 0 Å². The minimum Gasteiger partial charge on any atom is -0.504 e. The molecular formula is C26H14O4. The zero-order valence-corrected chi connectivity index (χ0v) is 15.6. The van der Waals surface area contributed by atoms with E-state index < -0.39 is 23.1 Å². The molecule has 1 aliphatic rings. The summed E-state index contributed by atoms with van der Waals surface area (Å²) in [6.45, 7) is 0. The monoisotopic (exact) mass is 390 g/mol. The molecule has 5 aromatic rings. The number of ketones is 2. The summed E-state index contributed by atoms with van der Waals surface area (Å²) in [4.78, 5) is 24.2.